The summed E-state index contributed by atoms with van der Waals surface area (Å²) in [7, 11) is 1.65. The number of nitrogens with zero attached hydrogens (tertiary/aromatic N) is 3. The molecule has 3 heterocycles. The van der Waals surface area contributed by atoms with Crippen LogP contribution in [0.3, 0.4) is 0 Å². The van der Waals surface area contributed by atoms with Crippen molar-refractivity contribution in [3.05, 3.63) is 95.3 Å². The van der Waals surface area contributed by atoms with Crippen LogP contribution in [0.1, 0.15) is 24.0 Å². The van der Waals surface area contributed by atoms with E-state index in [9.17, 15) is 0 Å². The van der Waals surface area contributed by atoms with E-state index in [1.807, 2.05) is 42.5 Å². The van der Waals surface area contributed by atoms with E-state index in [0.717, 1.165) is 39.6 Å². The van der Waals surface area contributed by atoms with Gasteiger partial charge in [-0.3, -0.25) is 4.90 Å². The molecule has 1 aliphatic rings. The summed E-state index contributed by atoms with van der Waals surface area (Å²) in [4.78, 5) is 12.7. The van der Waals surface area contributed by atoms with Crippen LogP contribution in [0, 0.1) is 0 Å². The maximum absolute atomic E-state index is 6.44. The molecule has 0 saturated carbocycles. The monoisotopic (exact) mass is 556 g/mol. The highest BCUT2D eigenvalue weighted by Gasteiger charge is 2.14. The number of methoxy groups -OCH3 is 1. The lowest BCUT2D eigenvalue weighted by atomic mass is 10.1. The molecule has 1 fully saturated rings. The molecule has 198 valence electrons. The number of hydrogen-bond donors (Lipinski definition) is 1. The first-order valence-electron chi connectivity index (χ1n) is 13.0. The highest BCUT2D eigenvalue weighted by Crippen LogP contribution is 2.37. The van der Waals surface area contributed by atoms with Gasteiger partial charge in [0.05, 0.1) is 22.3 Å². The molecular weight excluding hydrogens is 528 g/mol. The SMILES string of the molecule is COc1ccc(COc2cc(Nc3ncnc4cc(-c5ccc(CN6CCCC6)cc5)sc34)ccc2Cl)cc1. The fourth-order valence-corrected chi connectivity index (χ4v) is 6.00. The Hall–Kier alpha value is -3.65. The number of benzene rings is 3. The van der Waals surface area contributed by atoms with E-state index < -0.39 is 0 Å². The molecule has 1 aliphatic heterocycles. The molecule has 0 unspecified atom stereocenters. The average Bonchev–Trinajstić information content (AvgIpc) is 3.65. The Morgan fingerprint density at radius 1 is 0.923 bits per heavy atom. The summed E-state index contributed by atoms with van der Waals surface area (Å²) < 4.78 is 12.3. The molecule has 0 radical (unpaired) electrons. The highest BCUT2D eigenvalue weighted by molar-refractivity contribution is 7.22. The third-order valence-corrected chi connectivity index (χ3v) is 8.39. The van der Waals surface area contributed by atoms with Crippen LogP contribution < -0.4 is 14.8 Å². The van der Waals surface area contributed by atoms with Crippen LogP contribution in [0.5, 0.6) is 11.5 Å². The van der Waals surface area contributed by atoms with Crippen molar-refractivity contribution in [2.24, 2.45) is 0 Å². The van der Waals surface area contributed by atoms with Gasteiger partial charge in [-0.05, 0) is 73.0 Å². The third kappa shape index (κ3) is 6.01. The molecule has 1 saturated heterocycles. The van der Waals surface area contributed by atoms with Crippen molar-refractivity contribution in [2.75, 3.05) is 25.5 Å². The Morgan fingerprint density at radius 3 is 2.46 bits per heavy atom. The van der Waals surface area contributed by atoms with Gasteiger partial charge in [-0.15, -0.1) is 11.3 Å². The number of rotatable bonds is 9. The normalized spacial score (nSPS) is 13.6. The fraction of sp³-hybridized carbons (Fsp3) is 0.226. The van der Waals surface area contributed by atoms with E-state index >= 15 is 0 Å². The molecule has 6 rings (SSSR count). The number of fused-ring (bicyclic) bond motifs is 1. The van der Waals surface area contributed by atoms with Gasteiger partial charge in [0.25, 0.3) is 0 Å². The first kappa shape index (κ1) is 25.6. The summed E-state index contributed by atoms with van der Waals surface area (Å²) in [5, 5.41) is 3.99. The Bertz CT molecular complexity index is 1560. The van der Waals surface area contributed by atoms with Crippen LogP contribution in [0.25, 0.3) is 20.7 Å². The largest absolute Gasteiger partial charge is 0.497 e. The first-order chi connectivity index (χ1) is 19.1. The first-order valence-corrected chi connectivity index (χ1v) is 14.2. The van der Waals surface area contributed by atoms with Gasteiger partial charge >= 0.3 is 0 Å². The number of nitrogens with one attached hydrogen (secondary N) is 1. The summed E-state index contributed by atoms with van der Waals surface area (Å²) in [5.74, 6) is 2.17. The molecule has 0 bridgehead atoms. The Kier molecular flexibility index (Phi) is 7.63. The van der Waals surface area contributed by atoms with E-state index in [1.54, 1.807) is 24.8 Å². The lowest BCUT2D eigenvalue weighted by molar-refractivity contribution is 0.306. The van der Waals surface area contributed by atoms with Crippen molar-refractivity contribution in [1.29, 1.82) is 0 Å². The second kappa shape index (κ2) is 11.6. The molecule has 0 spiro atoms. The minimum atomic E-state index is 0.399. The smallest absolute Gasteiger partial charge is 0.151 e. The molecule has 6 nitrogen and oxygen atoms in total. The van der Waals surface area contributed by atoms with Crippen molar-refractivity contribution in [2.45, 2.75) is 26.0 Å². The van der Waals surface area contributed by atoms with Crippen molar-refractivity contribution in [3.8, 4) is 21.9 Å². The van der Waals surface area contributed by atoms with Crippen LogP contribution in [-0.4, -0.2) is 35.1 Å². The summed E-state index contributed by atoms with van der Waals surface area (Å²) in [6.07, 6.45) is 4.22. The predicted molar refractivity (Wildman–Crippen MR) is 159 cm³/mol. The number of thiophene rings is 1. The van der Waals surface area contributed by atoms with Crippen molar-refractivity contribution < 1.29 is 9.47 Å². The molecule has 8 heteroatoms. The third-order valence-electron chi connectivity index (χ3n) is 6.90. The molecule has 1 N–H and O–H groups in total. The molecule has 39 heavy (non-hydrogen) atoms. The lowest BCUT2D eigenvalue weighted by Crippen LogP contribution is -2.18. The zero-order chi connectivity index (χ0) is 26.6. The highest BCUT2D eigenvalue weighted by atomic mass is 35.5. The molecule has 2 aromatic heterocycles. The van der Waals surface area contributed by atoms with E-state index in [-0.39, 0.29) is 0 Å². The summed E-state index contributed by atoms with van der Waals surface area (Å²) in [5.41, 5.74) is 5.33. The van der Waals surface area contributed by atoms with E-state index in [4.69, 9.17) is 21.1 Å². The summed E-state index contributed by atoms with van der Waals surface area (Å²) in [6.45, 7) is 3.84. The van der Waals surface area contributed by atoms with Crippen LogP contribution >= 0.6 is 22.9 Å². The van der Waals surface area contributed by atoms with Gasteiger partial charge in [0.15, 0.2) is 5.82 Å². The van der Waals surface area contributed by atoms with Gasteiger partial charge in [-0.2, -0.15) is 0 Å². The van der Waals surface area contributed by atoms with Gasteiger partial charge in [0, 0.05) is 23.2 Å². The number of aromatic nitrogens is 2. The Balaban J connectivity index is 1.18. The molecule has 5 aromatic rings. The maximum Gasteiger partial charge on any atom is 0.151 e. The zero-order valence-electron chi connectivity index (χ0n) is 21.7. The van der Waals surface area contributed by atoms with Gasteiger partial charge in [0.2, 0.25) is 0 Å². The second-order valence-corrected chi connectivity index (χ2v) is 11.1. The second-order valence-electron chi connectivity index (χ2n) is 9.63. The fourth-order valence-electron chi connectivity index (χ4n) is 4.77. The Morgan fingerprint density at radius 2 is 1.69 bits per heavy atom. The molecule has 3 aromatic carbocycles. The minimum absolute atomic E-state index is 0.399. The summed E-state index contributed by atoms with van der Waals surface area (Å²) >= 11 is 8.13. The molecule has 0 amide bonds. The number of halogens is 1. The van der Waals surface area contributed by atoms with Crippen LogP contribution in [-0.2, 0) is 13.2 Å². The lowest BCUT2D eigenvalue weighted by Gasteiger charge is -2.14. The molecular formula is C31H29ClN4O2S. The van der Waals surface area contributed by atoms with E-state index in [1.165, 1.54) is 41.9 Å². The van der Waals surface area contributed by atoms with Crippen molar-refractivity contribution >= 4 is 44.7 Å². The van der Waals surface area contributed by atoms with Gasteiger partial charge in [0.1, 0.15) is 24.4 Å². The van der Waals surface area contributed by atoms with Crippen LogP contribution in [0.4, 0.5) is 11.5 Å². The van der Waals surface area contributed by atoms with Gasteiger partial charge < -0.3 is 14.8 Å². The number of ether oxygens (including phenoxy) is 2. The number of likely N-dealkylation sites (tertiary alicyclic amines) is 1. The Labute approximate surface area is 237 Å². The van der Waals surface area contributed by atoms with Crippen molar-refractivity contribution in [1.82, 2.24) is 14.9 Å². The van der Waals surface area contributed by atoms with E-state index in [2.05, 4.69) is 50.5 Å². The van der Waals surface area contributed by atoms with Crippen LogP contribution in [0.2, 0.25) is 5.02 Å². The minimum Gasteiger partial charge on any atom is -0.497 e. The average molecular weight is 557 g/mol. The number of anilines is 2. The predicted octanol–water partition coefficient (Wildman–Crippen LogP) is 7.94. The topological polar surface area (TPSA) is 59.5 Å². The zero-order valence-corrected chi connectivity index (χ0v) is 23.3. The number of hydrogen-bond acceptors (Lipinski definition) is 7. The molecule has 0 aliphatic carbocycles. The van der Waals surface area contributed by atoms with Crippen molar-refractivity contribution in [3.63, 3.8) is 0 Å². The van der Waals surface area contributed by atoms with Crippen LogP contribution in [0.15, 0.2) is 79.1 Å². The summed E-state index contributed by atoms with van der Waals surface area (Å²) in [6, 6.07) is 24.5. The quantitative estimate of drug-likeness (QED) is 0.199. The molecule has 0 atom stereocenters. The van der Waals surface area contributed by atoms with Gasteiger partial charge in [-0.1, -0.05) is 48.0 Å². The standard InChI is InChI=1S/C31H29ClN4O2S/c1-37-25-11-6-22(7-12-25)19-38-28-16-24(10-13-26(28)32)35-31-30-27(33-20-34-31)17-29(39-30)23-8-4-21(5-9-23)18-36-14-2-3-15-36/h4-13,16-17,20H,2-3,14-15,18-19H2,1H3,(H,33,34,35). The maximum atomic E-state index is 6.44. The van der Waals surface area contributed by atoms with E-state index in [0.29, 0.717) is 17.4 Å². The van der Waals surface area contributed by atoms with Gasteiger partial charge in [-0.25, -0.2) is 9.97 Å².